The van der Waals surface area contributed by atoms with Gasteiger partial charge < -0.3 is 24.4 Å². The number of carbonyl (C=O) groups excluding carboxylic acids is 4. The van der Waals surface area contributed by atoms with Crippen molar-refractivity contribution in [2.24, 2.45) is 0 Å². The molecular formula is C33H44O9. The average Bonchev–Trinajstić information content (AvgIpc) is 2.98. The maximum Gasteiger partial charge on any atom is 0.340 e. The Hall–Kier alpha value is -3.88. The van der Waals surface area contributed by atoms with Gasteiger partial charge in [0.2, 0.25) is 5.75 Å². The first-order chi connectivity index (χ1) is 20.2. The third-order valence-electron chi connectivity index (χ3n) is 6.88. The van der Waals surface area contributed by atoms with Crippen LogP contribution in [-0.2, 0) is 16.1 Å². The largest absolute Gasteiger partial charge is 0.504 e. The van der Waals surface area contributed by atoms with Crippen LogP contribution in [0.1, 0.15) is 134 Å². The molecule has 0 radical (unpaired) electrons. The monoisotopic (exact) mass is 584 g/mol. The summed E-state index contributed by atoms with van der Waals surface area (Å²) in [6, 6.07) is 6.82. The van der Waals surface area contributed by atoms with Gasteiger partial charge >= 0.3 is 11.9 Å². The van der Waals surface area contributed by atoms with E-state index in [4.69, 9.17) is 14.2 Å². The van der Waals surface area contributed by atoms with E-state index in [2.05, 4.69) is 0 Å². The highest BCUT2D eigenvalue weighted by Crippen LogP contribution is 2.46. The van der Waals surface area contributed by atoms with E-state index in [9.17, 15) is 29.4 Å². The molecule has 0 aliphatic carbocycles. The first-order valence-electron chi connectivity index (χ1n) is 14.9. The lowest BCUT2D eigenvalue weighted by molar-refractivity contribution is -0.134. The number of phenolic OH excluding ortho intramolecular Hbond substituents is 2. The first kappa shape index (κ1) is 34.3. The number of carbonyl (C=O) groups is 4. The van der Waals surface area contributed by atoms with E-state index < -0.39 is 57.4 Å². The predicted molar refractivity (Wildman–Crippen MR) is 159 cm³/mol. The Labute approximate surface area is 248 Å². The van der Waals surface area contributed by atoms with Crippen LogP contribution in [0.25, 0.3) is 0 Å². The second-order valence-electron chi connectivity index (χ2n) is 10.3. The summed E-state index contributed by atoms with van der Waals surface area (Å²) < 4.78 is 16.2. The number of esters is 2. The lowest BCUT2D eigenvalue weighted by Gasteiger charge is -2.20. The second kappa shape index (κ2) is 17.8. The van der Waals surface area contributed by atoms with Crippen molar-refractivity contribution in [1.82, 2.24) is 0 Å². The molecule has 2 aromatic rings. The average molecular weight is 585 g/mol. The van der Waals surface area contributed by atoms with Gasteiger partial charge in [-0.15, -0.1) is 0 Å². The molecule has 0 aromatic heterocycles. The summed E-state index contributed by atoms with van der Waals surface area (Å²) in [5, 5.41) is 22.0. The quantitative estimate of drug-likeness (QED) is 0.0566. The number of Topliss-reactive ketones (excluding diaryl/α,β-unsaturated/α-hetero) is 2. The fourth-order valence-electron chi connectivity index (χ4n) is 4.53. The number of aromatic hydroxyl groups is 2. The van der Waals surface area contributed by atoms with E-state index in [0.29, 0.717) is 30.6 Å². The Bertz CT molecular complexity index is 1230. The number of benzene rings is 2. The predicted octanol–water partition coefficient (Wildman–Crippen LogP) is 7.48. The van der Waals surface area contributed by atoms with Crippen LogP contribution in [0.15, 0.2) is 24.3 Å². The number of ketones is 2. The molecule has 0 spiro atoms. The zero-order valence-corrected chi connectivity index (χ0v) is 25.3. The SMILES string of the molecule is CCCCCC(=O)Oc1c(O)c(O)c(C(=O)CCCCC)c(C(=O)OCc2cccc(OC)c2)c1C(=O)CCCCC. The zero-order chi connectivity index (χ0) is 31.1. The van der Waals surface area contributed by atoms with Crippen LogP contribution < -0.4 is 9.47 Å². The number of unbranched alkanes of at least 4 members (excludes halogenated alkanes) is 6. The second-order valence-corrected chi connectivity index (χ2v) is 10.3. The minimum atomic E-state index is -1.06. The van der Waals surface area contributed by atoms with Crippen LogP contribution in [0.4, 0.5) is 0 Å². The van der Waals surface area contributed by atoms with E-state index in [1.165, 1.54) is 7.11 Å². The standard InChI is InChI=1S/C33H44O9/c1-5-8-11-17-24(34)27-29(33(39)41-21-22-15-14-16-23(20-22)40-4)28(25(35)18-12-9-6-2)32(31(38)30(27)37)42-26(36)19-13-10-7-3/h14-16,20,37-38H,5-13,17-19,21H2,1-4H3. The van der Waals surface area contributed by atoms with Crippen molar-refractivity contribution < 1.29 is 43.6 Å². The summed E-state index contributed by atoms with van der Waals surface area (Å²) in [4.78, 5) is 53.5. The Morgan fingerprint density at radius 3 is 1.86 bits per heavy atom. The molecule has 0 amide bonds. The highest BCUT2D eigenvalue weighted by molar-refractivity contribution is 6.17. The van der Waals surface area contributed by atoms with Crippen molar-refractivity contribution in [2.45, 2.75) is 104 Å². The highest BCUT2D eigenvalue weighted by atomic mass is 16.5. The van der Waals surface area contributed by atoms with Crippen LogP contribution >= 0.6 is 0 Å². The van der Waals surface area contributed by atoms with E-state index in [0.717, 1.165) is 38.5 Å². The molecule has 9 nitrogen and oxygen atoms in total. The van der Waals surface area contributed by atoms with Gasteiger partial charge in [0, 0.05) is 19.3 Å². The molecule has 0 aliphatic heterocycles. The van der Waals surface area contributed by atoms with Crippen LogP contribution in [0.2, 0.25) is 0 Å². The molecule has 2 N–H and O–H groups in total. The molecule has 0 bridgehead atoms. The Balaban J connectivity index is 2.69. The number of phenols is 2. The van der Waals surface area contributed by atoms with Crippen molar-refractivity contribution >= 4 is 23.5 Å². The van der Waals surface area contributed by atoms with Crippen molar-refractivity contribution in [3.63, 3.8) is 0 Å². The minimum Gasteiger partial charge on any atom is -0.504 e. The summed E-state index contributed by atoms with van der Waals surface area (Å²) in [6.45, 7) is 5.68. The van der Waals surface area contributed by atoms with Crippen molar-refractivity contribution in [3.05, 3.63) is 46.5 Å². The summed E-state index contributed by atoms with van der Waals surface area (Å²) in [6.07, 6.45) is 6.13. The lowest BCUT2D eigenvalue weighted by Crippen LogP contribution is -2.21. The highest BCUT2D eigenvalue weighted by Gasteiger charge is 2.36. The van der Waals surface area contributed by atoms with Gasteiger partial charge in [0.05, 0.1) is 23.8 Å². The molecule has 0 saturated carbocycles. The molecule has 2 aromatic carbocycles. The van der Waals surface area contributed by atoms with Crippen LogP contribution in [0.3, 0.4) is 0 Å². The summed E-state index contributed by atoms with van der Waals surface area (Å²) in [5.74, 6) is -4.98. The van der Waals surface area contributed by atoms with Gasteiger partial charge in [-0.2, -0.15) is 0 Å². The third-order valence-corrected chi connectivity index (χ3v) is 6.88. The molecule has 0 unspecified atom stereocenters. The van der Waals surface area contributed by atoms with Gasteiger partial charge in [-0.05, 0) is 37.0 Å². The van der Waals surface area contributed by atoms with Gasteiger partial charge in [0.1, 0.15) is 12.4 Å². The maximum atomic E-state index is 13.7. The molecule has 0 fully saturated rings. The number of ether oxygens (including phenoxy) is 3. The summed E-state index contributed by atoms with van der Waals surface area (Å²) in [5.41, 5.74) is -0.865. The third kappa shape index (κ3) is 9.60. The van der Waals surface area contributed by atoms with Gasteiger partial charge in [-0.3, -0.25) is 14.4 Å². The maximum absolute atomic E-state index is 13.7. The minimum absolute atomic E-state index is 0.00479. The number of rotatable bonds is 19. The summed E-state index contributed by atoms with van der Waals surface area (Å²) in [7, 11) is 1.50. The van der Waals surface area contributed by atoms with Crippen molar-refractivity contribution in [1.29, 1.82) is 0 Å². The smallest absolute Gasteiger partial charge is 0.340 e. The van der Waals surface area contributed by atoms with Crippen LogP contribution in [-0.4, -0.2) is 40.8 Å². The van der Waals surface area contributed by atoms with Crippen molar-refractivity contribution in [2.75, 3.05) is 7.11 Å². The van der Waals surface area contributed by atoms with Crippen LogP contribution in [0.5, 0.6) is 23.0 Å². The van der Waals surface area contributed by atoms with Crippen LogP contribution in [0, 0.1) is 0 Å². The molecule has 0 atom stereocenters. The Kier molecular flexibility index (Phi) is 14.6. The molecular weight excluding hydrogens is 540 g/mol. The molecule has 230 valence electrons. The Morgan fingerprint density at radius 2 is 1.29 bits per heavy atom. The fourth-order valence-corrected chi connectivity index (χ4v) is 4.53. The van der Waals surface area contributed by atoms with E-state index >= 15 is 0 Å². The van der Waals surface area contributed by atoms with E-state index in [1.807, 2.05) is 20.8 Å². The Morgan fingerprint density at radius 1 is 0.714 bits per heavy atom. The topological polar surface area (TPSA) is 136 Å². The van der Waals surface area contributed by atoms with Gasteiger partial charge in [-0.1, -0.05) is 71.4 Å². The lowest BCUT2D eigenvalue weighted by atomic mass is 9.89. The van der Waals surface area contributed by atoms with Gasteiger partial charge in [-0.25, -0.2) is 4.79 Å². The molecule has 9 heteroatoms. The number of hydrogen-bond donors (Lipinski definition) is 2. The fraction of sp³-hybridized carbons (Fsp3) is 0.515. The van der Waals surface area contributed by atoms with Gasteiger partial charge in [0.25, 0.3) is 0 Å². The zero-order valence-electron chi connectivity index (χ0n) is 25.3. The molecule has 42 heavy (non-hydrogen) atoms. The van der Waals surface area contributed by atoms with E-state index in [1.54, 1.807) is 24.3 Å². The number of hydrogen-bond acceptors (Lipinski definition) is 9. The molecule has 2 rings (SSSR count). The van der Waals surface area contributed by atoms with Crippen molar-refractivity contribution in [3.8, 4) is 23.0 Å². The molecule has 0 aliphatic rings. The molecule has 0 saturated heterocycles. The number of methoxy groups -OCH3 is 1. The normalized spacial score (nSPS) is 10.8. The van der Waals surface area contributed by atoms with Gasteiger partial charge in [0.15, 0.2) is 23.1 Å². The van der Waals surface area contributed by atoms with E-state index in [-0.39, 0.29) is 25.9 Å². The molecule has 0 heterocycles. The summed E-state index contributed by atoms with van der Waals surface area (Å²) >= 11 is 0. The first-order valence-corrected chi connectivity index (χ1v) is 14.9.